The van der Waals surface area contributed by atoms with E-state index in [-0.39, 0.29) is 24.4 Å². The molecule has 3 N–H and O–H groups in total. The van der Waals surface area contributed by atoms with Crippen LogP contribution in [0.1, 0.15) is 52.7 Å². The Morgan fingerprint density at radius 3 is 2.58 bits per heavy atom. The molecule has 1 aliphatic heterocycles. The van der Waals surface area contributed by atoms with E-state index in [1.165, 1.54) is 0 Å². The van der Waals surface area contributed by atoms with Crippen LogP contribution in [-0.4, -0.2) is 53.5 Å². The number of hydrogen-bond acceptors (Lipinski definition) is 4. The Balaban J connectivity index is 1.18. The third-order valence-electron chi connectivity index (χ3n) is 6.83. The van der Waals surface area contributed by atoms with Crippen LogP contribution < -0.4 is 10.6 Å². The molecular weight excluding hydrogens is 414 g/mol. The molecule has 2 amide bonds. The van der Waals surface area contributed by atoms with Crippen LogP contribution in [0.15, 0.2) is 48.5 Å². The number of amides is 2. The van der Waals surface area contributed by atoms with Crippen molar-refractivity contribution in [2.75, 3.05) is 19.6 Å². The number of likely N-dealkylation sites (tertiary alicyclic amines) is 1. The van der Waals surface area contributed by atoms with Crippen molar-refractivity contribution in [1.82, 2.24) is 15.5 Å². The molecule has 6 nitrogen and oxygen atoms in total. The zero-order valence-electron chi connectivity index (χ0n) is 19.0. The number of rotatable bonds is 6. The molecule has 2 fully saturated rings. The Kier molecular flexibility index (Phi) is 6.83. The summed E-state index contributed by atoms with van der Waals surface area (Å²) in [6, 6.07) is 15.4. The first-order chi connectivity index (χ1) is 15.9. The predicted molar refractivity (Wildman–Crippen MR) is 128 cm³/mol. The van der Waals surface area contributed by atoms with Gasteiger partial charge in [-0.25, -0.2) is 0 Å². The molecular formula is C27H31N3O3. The summed E-state index contributed by atoms with van der Waals surface area (Å²) in [7, 11) is 0. The molecule has 33 heavy (non-hydrogen) atoms. The number of terminal acetylenes is 1. The van der Waals surface area contributed by atoms with Crippen LogP contribution in [0.2, 0.25) is 0 Å². The van der Waals surface area contributed by atoms with Crippen LogP contribution in [0.3, 0.4) is 0 Å². The normalized spacial score (nSPS) is 23.2. The lowest BCUT2D eigenvalue weighted by Gasteiger charge is -2.48. The lowest BCUT2D eigenvalue weighted by atomic mass is 9.76. The number of hydrogen-bond donors (Lipinski definition) is 3. The Morgan fingerprint density at radius 2 is 1.88 bits per heavy atom. The van der Waals surface area contributed by atoms with Gasteiger partial charge in [-0.15, -0.1) is 6.42 Å². The Hall–Kier alpha value is -3.14. The highest BCUT2D eigenvalue weighted by Crippen LogP contribution is 2.39. The standard InChI is InChI=1S/C27H31N3O3/c1-3-20-7-5-9-22(15-20)27(33)12-10-24(11-13-27)30-17-23(18-30)29-25(31)16-28-26(32)21-8-4-6-19(2)14-21/h1,4-9,14-15,23-24,33H,10-13,16-18H2,2H3,(H,28,32)(H,29,31)/t24-,27-. The number of carbonyl (C=O) groups is 2. The predicted octanol–water partition coefficient (Wildman–Crippen LogP) is 2.34. The van der Waals surface area contributed by atoms with Gasteiger partial charge in [0, 0.05) is 30.3 Å². The van der Waals surface area contributed by atoms with Crippen molar-refractivity contribution < 1.29 is 14.7 Å². The first-order valence-electron chi connectivity index (χ1n) is 11.5. The molecule has 1 aliphatic carbocycles. The number of benzene rings is 2. The van der Waals surface area contributed by atoms with Gasteiger partial charge in [0.1, 0.15) is 0 Å². The van der Waals surface area contributed by atoms with Gasteiger partial charge in [0.05, 0.1) is 18.2 Å². The largest absolute Gasteiger partial charge is 0.385 e. The van der Waals surface area contributed by atoms with Gasteiger partial charge in [0.15, 0.2) is 0 Å². The molecule has 1 heterocycles. The second-order valence-electron chi connectivity index (χ2n) is 9.26. The van der Waals surface area contributed by atoms with E-state index in [0.717, 1.165) is 42.6 Å². The fourth-order valence-corrected chi connectivity index (χ4v) is 4.86. The molecule has 0 radical (unpaired) electrons. The number of carbonyl (C=O) groups excluding carboxylic acids is 2. The second kappa shape index (κ2) is 9.78. The van der Waals surface area contributed by atoms with Crippen molar-refractivity contribution >= 4 is 11.8 Å². The van der Waals surface area contributed by atoms with Gasteiger partial charge >= 0.3 is 0 Å². The van der Waals surface area contributed by atoms with Gasteiger partial charge in [-0.2, -0.15) is 0 Å². The van der Waals surface area contributed by atoms with E-state index in [1.807, 2.05) is 43.3 Å². The van der Waals surface area contributed by atoms with Crippen molar-refractivity contribution in [3.05, 3.63) is 70.8 Å². The van der Waals surface area contributed by atoms with Crippen molar-refractivity contribution in [3.63, 3.8) is 0 Å². The van der Waals surface area contributed by atoms with Crippen LogP contribution in [-0.2, 0) is 10.4 Å². The van der Waals surface area contributed by atoms with Gasteiger partial charge in [0.25, 0.3) is 5.91 Å². The van der Waals surface area contributed by atoms with Crippen molar-refractivity contribution in [2.24, 2.45) is 0 Å². The average Bonchev–Trinajstić information content (AvgIpc) is 2.80. The molecule has 0 aromatic heterocycles. The molecule has 1 saturated heterocycles. The maximum Gasteiger partial charge on any atom is 0.251 e. The monoisotopic (exact) mass is 445 g/mol. The fraction of sp³-hybridized carbons (Fsp3) is 0.407. The van der Waals surface area contributed by atoms with Gasteiger partial charge in [0.2, 0.25) is 5.91 Å². The summed E-state index contributed by atoms with van der Waals surface area (Å²) in [6.45, 7) is 3.49. The van der Waals surface area contributed by atoms with Crippen molar-refractivity contribution in [3.8, 4) is 12.3 Å². The molecule has 2 aromatic rings. The van der Waals surface area contributed by atoms with Gasteiger partial charge in [-0.3, -0.25) is 14.5 Å². The highest BCUT2D eigenvalue weighted by atomic mass is 16.3. The van der Waals surface area contributed by atoms with Crippen LogP contribution in [0.5, 0.6) is 0 Å². The van der Waals surface area contributed by atoms with E-state index >= 15 is 0 Å². The highest BCUT2D eigenvalue weighted by Gasteiger charge is 2.40. The number of aryl methyl sites for hydroxylation is 1. The van der Waals surface area contributed by atoms with Gasteiger partial charge < -0.3 is 15.7 Å². The average molecular weight is 446 g/mol. The Bertz CT molecular complexity index is 1060. The molecule has 0 spiro atoms. The maximum absolute atomic E-state index is 12.2. The summed E-state index contributed by atoms with van der Waals surface area (Å²) in [5, 5.41) is 16.8. The van der Waals surface area contributed by atoms with E-state index < -0.39 is 5.60 Å². The van der Waals surface area contributed by atoms with E-state index in [1.54, 1.807) is 12.1 Å². The van der Waals surface area contributed by atoms with Crippen molar-refractivity contribution in [1.29, 1.82) is 0 Å². The van der Waals surface area contributed by atoms with Crippen LogP contribution >= 0.6 is 0 Å². The molecule has 4 rings (SSSR count). The topological polar surface area (TPSA) is 81.7 Å². The Labute approximate surface area is 195 Å². The summed E-state index contributed by atoms with van der Waals surface area (Å²) in [5.74, 6) is 2.22. The maximum atomic E-state index is 12.2. The number of nitrogens with one attached hydrogen (secondary N) is 2. The molecule has 0 bridgehead atoms. The quantitative estimate of drug-likeness (QED) is 0.596. The van der Waals surface area contributed by atoms with Crippen molar-refractivity contribution in [2.45, 2.75) is 50.3 Å². The van der Waals surface area contributed by atoms with Crippen LogP contribution in [0.4, 0.5) is 0 Å². The SMILES string of the molecule is C#Cc1cccc([C@]2(O)CC[C@H](N3CC(NC(=O)CNC(=O)c4cccc(C)c4)C3)CC2)c1. The fourth-order valence-electron chi connectivity index (χ4n) is 4.86. The smallest absolute Gasteiger partial charge is 0.251 e. The summed E-state index contributed by atoms with van der Waals surface area (Å²) in [4.78, 5) is 26.8. The molecule has 1 saturated carbocycles. The summed E-state index contributed by atoms with van der Waals surface area (Å²) >= 11 is 0. The highest BCUT2D eigenvalue weighted by molar-refractivity contribution is 5.96. The minimum atomic E-state index is -0.822. The van der Waals surface area contributed by atoms with Crippen LogP contribution in [0.25, 0.3) is 0 Å². The number of nitrogens with zero attached hydrogens (tertiary/aromatic N) is 1. The molecule has 0 unspecified atom stereocenters. The summed E-state index contributed by atoms with van der Waals surface area (Å²) in [6.07, 6.45) is 8.71. The molecule has 172 valence electrons. The van der Waals surface area contributed by atoms with Gasteiger partial charge in [-0.05, 0) is 62.4 Å². The first kappa shape index (κ1) is 23.0. The minimum Gasteiger partial charge on any atom is -0.385 e. The first-order valence-corrected chi connectivity index (χ1v) is 11.5. The zero-order chi connectivity index (χ0) is 23.4. The zero-order valence-corrected chi connectivity index (χ0v) is 19.0. The molecule has 6 heteroatoms. The summed E-state index contributed by atoms with van der Waals surface area (Å²) in [5.41, 5.74) is 2.43. The molecule has 0 atom stereocenters. The third-order valence-corrected chi connectivity index (χ3v) is 6.83. The lowest BCUT2D eigenvalue weighted by Crippen LogP contribution is -2.63. The second-order valence-corrected chi connectivity index (χ2v) is 9.26. The van der Waals surface area contributed by atoms with Gasteiger partial charge in [-0.1, -0.05) is 35.7 Å². The lowest BCUT2D eigenvalue weighted by molar-refractivity contribution is -0.122. The van der Waals surface area contributed by atoms with E-state index in [9.17, 15) is 14.7 Å². The number of aliphatic hydroxyl groups is 1. The molecule has 2 aromatic carbocycles. The van der Waals surface area contributed by atoms with E-state index in [0.29, 0.717) is 24.4 Å². The van der Waals surface area contributed by atoms with E-state index in [4.69, 9.17) is 6.42 Å². The third kappa shape index (κ3) is 5.44. The van der Waals surface area contributed by atoms with E-state index in [2.05, 4.69) is 21.5 Å². The minimum absolute atomic E-state index is 0.0313. The Morgan fingerprint density at radius 1 is 1.15 bits per heavy atom. The molecule has 2 aliphatic rings. The van der Waals surface area contributed by atoms with Crippen LogP contribution in [0, 0.1) is 19.3 Å². The summed E-state index contributed by atoms with van der Waals surface area (Å²) < 4.78 is 0.